The molecule has 1 fully saturated rings. The Morgan fingerprint density at radius 3 is 2.12 bits per heavy atom. The number of rotatable bonds is 4. The van der Waals surface area contributed by atoms with Crippen LogP contribution in [0.15, 0.2) is 0 Å². The van der Waals surface area contributed by atoms with Gasteiger partial charge in [0.25, 0.3) is 0 Å². The van der Waals surface area contributed by atoms with Crippen LogP contribution >= 0.6 is 0 Å². The third kappa shape index (κ3) is 4.06. The second kappa shape index (κ2) is 5.50. The van der Waals surface area contributed by atoms with E-state index in [0.717, 1.165) is 18.4 Å². The van der Waals surface area contributed by atoms with Gasteiger partial charge in [-0.25, -0.2) is 0 Å². The van der Waals surface area contributed by atoms with Crippen LogP contribution in [0.5, 0.6) is 0 Å². The molecule has 0 radical (unpaired) electrons. The zero-order chi connectivity index (χ0) is 12.3. The molecule has 2 heteroatoms. The zero-order valence-corrected chi connectivity index (χ0v) is 11.6. The maximum absolute atomic E-state index is 10.2. The second-order valence-electron chi connectivity index (χ2n) is 6.51. The molecule has 0 spiro atoms. The molecule has 1 saturated carbocycles. The molecule has 2 N–H and O–H groups in total. The summed E-state index contributed by atoms with van der Waals surface area (Å²) < 4.78 is 0. The summed E-state index contributed by atoms with van der Waals surface area (Å²) >= 11 is 0. The fraction of sp³-hybridized carbons (Fsp3) is 1.00. The van der Waals surface area contributed by atoms with Crippen LogP contribution < -0.4 is 5.32 Å². The average Bonchev–Trinajstić information content (AvgIpc) is 2.13. The van der Waals surface area contributed by atoms with Crippen molar-refractivity contribution in [3.8, 4) is 0 Å². The van der Waals surface area contributed by atoms with E-state index in [4.69, 9.17) is 0 Å². The molecule has 1 rings (SSSR count). The lowest BCUT2D eigenvalue weighted by Gasteiger charge is -2.35. The molecule has 2 nitrogen and oxygen atoms in total. The molecular formula is C14H29NO. The standard InChI is InChI=1S/C14H29NO/c1-10(2)14(5,16)9-15-13-7-11(3)6-12(4)8-13/h10-13,15-16H,6-9H2,1-5H3. The minimum Gasteiger partial charge on any atom is -0.389 e. The highest BCUT2D eigenvalue weighted by Gasteiger charge is 2.28. The number of nitrogens with one attached hydrogen (secondary N) is 1. The van der Waals surface area contributed by atoms with Crippen molar-refractivity contribution in [1.29, 1.82) is 0 Å². The first kappa shape index (κ1) is 14.0. The minimum atomic E-state index is -0.579. The van der Waals surface area contributed by atoms with Gasteiger partial charge in [0.1, 0.15) is 0 Å². The van der Waals surface area contributed by atoms with Gasteiger partial charge >= 0.3 is 0 Å². The lowest BCUT2D eigenvalue weighted by molar-refractivity contribution is 0.00921. The largest absolute Gasteiger partial charge is 0.389 e. The molecule has 0 bridgehead atoms. The topological polar surface area (TPSA) is 32.3 Å². The lowest BCUT2D eigenvalue weighted by Crippen LogP contribution is -2.47. The number of aliphatic hydroxyl groups is 1. The van der Waals surface area contributed by atoms with Gasteiger partial charge in [-0.3, -0.25) is 0 Å². The van der Waals surface area contributed by atoms with Crippen molar-refractivity contribution < 1.29 is 5.11 Å². The van der Waals surface area contributed by atoms with Crippen LogP contribution in [0.2, 0.25) is 0 Å². The van der Waals surface area contributed by atoms with Crippen LogP contribution in [0.1, 0.15) is 53.9 Å². The van der Waals surface area contributed by atoms with Gasteiger partial charge in [0.15, 0.2) is 0 Å². The molecule has 3 atom stereocenters. The normalized spacial score (nSPS) is 35.1. The van der Waals surface area contributed by atoms with E-state index in [1.807, 2.05) is 6.92 Å². The van der Waals surface area contributed by atoms with Crippen molar-refractivity contribution >= 4 is 0 Å². The molecular weight excluding hydrogens is 198 g/mol. The third-order valence-electron chi connectivity index (χ3n) is 4.17. The predicted molar refractivity (Wildman–Crippen MR) is 69.4 cm³/mol. The molecule has 0 aromatic rings. The summed E-state index contributed by atoms with van der Waals surface area (Å²) in [6, 6.07) is 0.601. The van der Waals surface area contributed by atoms with Crippen LogP contribution in [-0.4, -0.2) is 23.3 Å². The quantitative estimate of drug-likeness (QED) is 0.774. The van der Waals surface area contributed by atoms with E-state index in [1.165, 1.54) is 19.3 Å². The highest BCUT2D eigenvalue weighted by molar-refractivity contribution is 4.85. The molecule has 1 aliphatic carbocycles. The van der Waals surface area contributed by atoms with Gasteiger partial charge in [-0.1, -0.05) is 27.7 Å². The van der Waals surface area contributed by atoms with E-state index < -0.39 is 5.60 Å². The SMILES string of the molecule is CC1CC(C)CC(NCC(C)(O)C(C)C)C1. The molecule has 0 heterocycles. The van der Waals surface area contributed by atoms with Gasteiger partial charge in [-0.05, 0) is 43.9 Å². The smallest absolute Gasteiger partial charge is 0.0766 e. The summed E-state index contributed by atoms with van der Waals surface area (Å²) in [6.45, 7) is 11.5. The van der Waals surface area contributed by atoms with Crippen molar-refractivity contribution in [2.24, 2.45) is 17.8 Å². The first-order valence-electron chi connectivity index (χ1n) is 6.77. The van der Waals surface area contributed by atoms with Crippen LogP contribution in [0.4, 0.5) is 0 Å². The lowest BCUT2D eigenvalue weighted by atomic mass is 9.80. The van der Waals surface area contributed by atoms with Gasteiger partial charge in [-0.15, -0.1) is 0 Å². The molecule has 16 heavy (non-hydrogen) atoms. The van der Waals surface area contributed by atoms with Gasteiger partial charge in [0, 0.05) is 12.6 Å². The first-order valence-corrected chi connectivity index (χ1v) is 6.77. The summed E-state index contributed by atoms with van der Waals surface area (Å²) in [4.78, 5) is 0. The fourth-order valence-electron chi connectivity index (χ4n) is 2.67. The number of hydrogen-bond acceptors (Lipinski definition) is 2. The van der Waals surface area contributed by atoms with Gasteiger partial charge < -0.3 is 10.4 Å². The molecule has 0 aliphatic heterocycles. The van der Waals surface area contributed by atoms with Crippen LogP contribution in [0.25, 0.3) is 0 Å². The van der Waals surface area contributed by atoms with Crippen molar-refractivity contribution in [3.63, 3.8) is 0 Å². The molecule has 0 aromatic heterocycles. The monoisotopic (exact) mass is 227 g/mol. The van der Waals surface area contributed by atoms with E-state index >= 15 is 0 Å². The predicted octanol–water partition coefficient (Wildman–Crippen LogP) is 2.81. The molecule has 3 unspecified atom stereocenters. The van der Waals surface area contributed by atoms with E-state index in [-0.39, 0.29) is 0 Å². The third-order valence-corrected chi connectivity index (χ3v) is 4.17. The molecule has 96 valence electrons. The van der Waals surface area contributed by atoms with Crippen LogP contribution in [-0.2, 0) is 0 Å². The molecule has 0 amide bonds. The Morgan fingerprint density at radius 2 is 1.69 bits per heavy atom. The average molecular weight is 227 g/mol. The summed E-state index contributed by atoms with van der Waals surface area (Å²) in [6.07, 6.45) is 3.88. The van der Waals surface area contributed by atoms with Gasteiger partial charge in [-0.2, -0.15) is 0 Å². The Hall–Kier alpha value is -0.0800. The summed E-state index contributed by atoms with van der Waals surface area (Å²) in [5.41, 5.74) is -0.579. The summed E-state index contributed by atoms with van der Waals surface area (Å²) in [7, 11) is 0. The first-order chi connectivity index (χ1) is 7.31. The van der Waals surface area contributed by atoms with Crippen molar-refractivity contribution in [3.05, 3.63) is 0 Å². The Bertz CT molecular complexity index is 203. The minimum absolute atomic E-state index is 0.304. The van der Waals surface area contributed by atoms with Crippen molar-refractivity contribution in [1.82, 2.24) is 5.32 Å². The van der Waals surface area contributed by atoms with Crippen molar-refractivity contribution in [2.75, 3.05) is 6.54 Å². The summed E-state index contributed by atoms with van der Waals surface area (Å²) in [5.74, 6) is 1.95. The van der Waals surface area contributed by atoms with E-state index in [9.17, 15) is 5.11 Å². The van der Waals surface area contributed by atoms with Crippen LogP contribution in [0.3, 0.4) is 0 Å². The Morgan fingerprint density at radius 1 is 1.19 bits per heavy atom. The Labute approximate surface area is 101 Å². The zero-order valence-electron chi connectivity index (χ0n) is 11.6. The van der Waals surface area contributed by atoms with Gasteiger partial charge in [0.05, 0.1) is 5.60 Å². The Balaban J connectivity index is 2.37. The van der Waals surface area contributed by atoms with E-state index in [1.54, 1.807) is 0 Å². The molecule has 1 aliphatic rings. The Kier molecular flexibility index (Phi) is 4.81. The highest BCUT2D eigenvalue weighted by atomic mass is 16.3. The molecule has 0 saturated heterocycles. The highest BCUT2D eigenvalue weighted by Crippen LogP contribution is 2.28. The fourth-order valence-corrected chi connectivity index (χ4v) is 2.67. The van der Waals surface area contributed by atoms with E-state index in [2.05, 4.69) is 33.0 Å². The van der Waals surface area contributed by atoms with Crippen LogP contribution in [0, 0.1) is 17.8 Å². The maximum Gasteiger partial charge on any atom is 0.0766 e. The second-order valence-corrected chi connectivity index (χ2v) is 6.51. The maximum atomic E-state index is 10.2. The molecule has 0 aromatic carbocycles. The van der Waals surface area contributed by atoms with E-state index in [0.29, 0.717) is 12.0 Å². The van der Waals surface area contributed by atoms with Crippen molar-refractivity contribution in [2.45, 2.75) is 65.5 Å². The number of hydrogen-bond donors (Lipinski definition) is 2. The van der Waals surface area contributed by atoms with Gasteiger partial charge in [0.2, 0.25) is 0 Å². The summed E-state index contributed by atoms with van der Waals surface area (Å²) in [5, 5.41) is 13.7.